The monoisotopic (exact) mass is 314 g/mol. The second kappa shape index (κ2) is 6.52. The molecule has 1 aromatic carbocycles. The van der Waals surface area contributed by atoms with Gasteiger partial charge < -0.3 is 15.1 Å². The molecule has 0 unspecified atom stereocenters. The molecular formula is C19H28N3O+. The maximum atomic E-state index is 12.3. The first-order valence-corrected chi connectivity index (χ1v) is 9.21. The molecule has 124 valence electrons. The van der Waals surface area contributed by atoms with Crippen molar-refractivity contribution in [2.24, 2.45) is 11.8 Å². The van der Waals surface area contributed by atoms with Crippen molar-refractivity contribution in [2.75, 3.05) is 37.6 Å². The van der Waals surface area contributed by atoms with E-state index in [-0.39, 0.29) is 5.91 Å². The van der Waals surface area contributed by atoms with Gasteiger partial charge in [0.15, 0.2) is 6.54 Å². The van der Waals surface area contributed by atoms with Crippen LogP contribution >= 0.6 is 0 Å². The summed E-state index contributed by atoms with van der Waals surface area (Å²) in [6.07, 6.45) is 5.31. The van der Waals surface area contributed by atoms with Crippen molar-refractivity contribution in [2.45, 2.75) is 31.7 Å². The molecule has 3 atom stereocenters. The van der Waals surface area contributed by atoms with Gasteiger partial charge in [-0.25, -0.2) is 0 Å². The van der Waals surface area contributed by atoms with Gasteiger partial charge in [-0.2, -0.15) is 0 Å². The highest BCUT2D eigenvalue weighted by atomic mass is 16.2. The van der Waals surface area contributed by atoms with E-state index >= 15 is 0 Å². The quantitative estimate of drug-likeness (QED) is 0.858. The van der Waals surface area contributed by atoms with Crippen molar-refractivity contribution >= 4 is 11.6 Å². The Hall–Kier alpha value is -1.55. The number of carbonyl (C=O) groups excluding carboxylic acids is 1. The summed E-state index contributed by atoms with van der Waals surface area (Å²) >= 11 is 0. The van der Waals surface area contributed by atoms with Crippen LogP contribution in [0.25, 0.3) is 0 Å². The van der Waals surface area contributed by atoms with Crippen molar-refractivity contribution in [3.63, 3.8) is 0 Å². The van der Waals surface area contributed by atoms with E-state index in [1.807, 2.05) is 0 Å². The third kappa shape index (κ3) is 3.37. The lowest BCUT2D eigenvalue weighted by Gasteiger charge is -2.33. The molecule has 2 aliphatic carbocycles. The number of quaternary nitrogens is 1. The van der Waals surface area contributed by atoms with Crippen molar-refractivity contribution in [1.82, 2.24) is 5.32 Å². The summed E-state index contributed by atoms with van der Waals surface area (Å²) in [5.74, 6) is 1.94. The summed E-state index contributed by atoms with van der Waals surface area (Å²) in [7, 11) is 0. The molecule has 2 N–H and O–H groups in total. The van der Waals surface area contributed by atoms with Gasteiger partial charge in [0.05, 0.1) is 26.2 Å². The number of nitrogens with zero attached hydrogens (tertiary/aromatic N) is 1. The van der Waals surface area contributed by atoms with Crippen LogP contribution < -0.4 is 15.1 Å². The molecule has 0 spiro atoms. The van der Waals surface area contributed by atoms with Crippen molar-refractivity contribution in [1.29, 1.82) is 0 Å². The van der Waals surface area contributed by atoms with Gasteiger partial charge in [0.2, 0.25) is 0 Å². The summed E-state index contributed by atoms with van der Waals surface area (Å²) < 4.78 is 0. The lowest BCUT2D eigenvalue weighted by atomic mass is 9.95. The largest absolute Gasteiger partial charge is 0.360 e. The molecule has 3 aliphatic rings. The maximum Gasteiger partial charge on any atom is 0.275 e. The molecule has 1 amide bonds. The van der Waals surface area contributed by atoms with Crippen LogP contribution in [0.5, 0.6) is 0 Å². The van der Waals surface area contributed by atoms with E-state index in [9.17, 15) is 4.79 Å². The molecule has 23 heavy (non-hydrogen) atoms. The zero-order valence-corrected chi connectivity index (χ0v) is 13.8. The predicted octanol–water partition coefficient (Wildman–Crippen LogP) is 0.696. The number of amides is 1. The number of para-hydroxylation sites is 1. The van der Waals surface area contributed by atoms with E-state index in [0.29, 0.717) is 12.6 Å². The minimum absolute atomic E-state index is 0.269. The Bertz CT molecular complexity index is 539. The Morgan fingerprint density at radius 1 is 1.13 bits per heavy atom. The Balaban J connectivity index is 1.22. The number of piperazine rings is 1. The minimum Gasteiger partial charge on any atom is -0.360 e. The van der Waals surface area contributed by atoms with Gasteiger partial charge >= 0.3 is 0 Å². The number of fused-ring (bicyclic) bond motifs is 2. The van der Waals surface area contributed by atoms with Gasteiger partial charge in [-0.05, 0) is 43.2 Å². The molecule has 4 rings (SSSR count). The molecule has 0 aromatic heterocycles. The summed E-state index contributed by atoms with van der Waals surface area (Å²) in [6, 6.07) is 11.1. The molecule has 1 saturated heterocycles. The van der Waals surface area contributed by atoms with E-state index in [1.54, 1.807) is 0 Å². The fourth-order valence-electron chi connectivity index (χ4n) is 4.80. The van der Waals surface area contributed by atoms with E-state index < -0.39 is 0 Å². The number of nitrogens with one attached hydrogen (secondary N) is 2. The topological polar surface area (TPSA) is 36.8 Å². The molecule has 1 aliphatic heterocycles. The van der Waals surface area contributed by atoms with Crippen LogP contribution in [0, 0.1) is 11.8 Å². The van der Waals surface area contributed by atoms with Crippen LogP contribution in [0.1, 0.15) is 25.7 Å². The Kier molecular flexibility index (Phi) is 4.25. The number of rotatable bonds is 4. The highest BCUT2D eigenvalue weighted by Crippen LogP contribution is 2.44. The molecule has 3 fully saturated rings. The second-order valence-corrected chi connectivity index (χ2v) is 7.60. The number of anilines is 1. The predicted molar refractivity (Wildman–Crippen MR) is 91.6 cm³/mol. The Morgan fingerprint density at radius 3 is 2.57 bits per heavy atom. The molecule has 1 aromatic rings. The number of carbonyl (C=O) groups is 1. The van der Waals surface area contributed by atoms with Crippen LogP contribution in [0.3, 0.4) is 0 Å². The van der Waals surface area contributed by atoms with Gasteiger partial charge in [-0.3, -0.25) is 4.79 Å². The van der Waals surface area contributed by atoms with Gasteiger partial charge in [0, 0.05) is 11.7 Å². The van der Waals surface area contributed by atoms with Gasteiger partial charge in [-0.15, -0.1) is 0 Å². The third-order valence-corrected chi connectivity index (χ3v) is 6.09. The fraction of sp³-hybridized carbons (Fsp3) is 0.632. The van der Waals surface area contributed by atoms with Gasteiger partial charge in [0.1, 0.15) is 0 Å². The summed E-state index contributed by atoms with van der Waals surface area (Å²) in [4.78, 5) is 16.2. The molecular weight excluding hydrogens is 286 g/mol. The summed E-state index contributed by atoms with van der Waals surface area (Å²) in [5, 5.41) is 3.33. The molecule has 2 bridgehead atoms. The first kappa shape index (κ1) is 15.0. The molecule has 4 heteroatoms. The smallest absolute Gasteiger partial charge is 0.275 e. The number of hydrogen-bond acceptors (Lipinski definition) is 2. The highest BCUT2D eigenvalue weighted by Gasteiger charge is 2.40. The van der Waals surface area contributed by atoms with E-state index in [0.717, 1.165) is 38.0 Å². The van der Waals surface area contributed by atoms with Crippen molar-refractivity contribution in [3.05, 3.63) is 30.3 Å². The standard InChI is InChI=1S/C19H27N3O/c23-19(20-18-13-15-6-7-16(18)12-15)14-21-8-10-22(11-9-21)17-4-2-1-3-5-17/h1-5,15-16,18H,6-14H2,(H,20,23)/p+1/t15-,16+,18+/m0/s1. The second-order valence-electron chi connectivity index (χ2n) is 7.60. The van der Waals surface area contributed by atoms with Crippen LogP contribution in [-0.2, 0) is 4.79 Å². The molecule has 4 nitrogen and oxygen atoms in total. The average Bonchev–Trinajstić information content (AvgIpc) is 3.19. The lowest BCUT2D eigenvalue weighted by molar-refractivity contribution is -0.892. The lowest BCUT2D eigenvalue weighted by Crippen LogP contribution is -3.16. The minimum atomic E-state index is 0.269. The van der Waals surface area contributed by atoms with Crippen LogP contribution in [0.4, 0.5) is 5.69 Å². The van der Waals surface area contributed by atoms with Crippen molar-refractivity contribution < 1.29 is 9.69 Å². The summed E-state index contributed by atoms with van der Waals surface area (Å²) in [6.45, 7) is 4.84. The zero-order chi connectivity index (χ0) is 15.6. The zero-order valence-electron chi connectivity index (χ0n) is 13.8. The first-order chi connectivity index (χ1) is 11.3. The normalized spacial score (nSPS) is 30.6. The van der Waals surface area contributed by atoms with E-state index in [2.05, 4.69) is 40.5 Å². The van der Waals surface area contributed by atoms with Gasteiger partial charge in [-0.1, -0.05) is 24.6 Å². The number of hydrogen-bond donors (Lipinski definition) is 2. The Labute approximate surface area is 138 Å². The van der Waals surface area contributed by atoms with Crippen LogP contribution in [0.15, 0.2) is 30.3 Å². The van der Waals surface area contributed by atoms with Gasteiger partial charge in [0.25, 0.3) is 5.91 Å². The van der Waals surface area contributed by atoms with Crippen LogP contribution in [0.2, 0.25) is 0 Å². The molecule has 1 heterocycles. The third-order valence-electron chi connectivity index (χ3n) is 6.09. The van der Waals surface area contributed by atoms with Crippen molar-refractivity contribution in [3.8, 4) is 0 Å². The molecule has 2 saturated carbocycles. The van der Waals surface area contributed by atoms with E-state index in [4.69, 9.17) is 0 Å². The average molecular weight is 314 g/mol. The van der Waals surface area contributed by atoms with E-state index in [1.165, 1.54) is 36.3 Å². The number of benzene rings is 1. The summed E-state index contributed by atoms with van der Waals surface area (Å²) in [5.41, 5.74) is 1.30. The SMILES string of the molecule is O=C(C[NH+]1CCN(c2ccccc2)CC1)N[C@@H]1C[C@H]2CC[C@@H]1C2. The first-order valence-electron chi connectivity index (χ1n) is 9.21. The maximum absolute atomic E-state index is 12.3. The Morgan fingerprint density at radius 2 is 1.91 bits per heavy atom. The highest BCUT2D eigenvalue weighted by molar-refractivity contribution is 5.77. The molecule has 0 radical (unpaired) electrons. The fourth-order valence-corrected chi connectivity index (χ4v) is 4.80. The van der Waals surface area contributed by atoms with Crippen LogP contribution in [-0.4, -0.2) is 44.7 Å².